The highest BCUT2D eigenvalue weighted by Crippen LogP contribution is 2.38. The van der Waals surface area contributed by atoms with Crippen molar-refractivity contribution in [3.8, 4) is 11.1 Å². The van der Waals surface area contributed by atoms with E-state index in [2.05, 4.69) is 170 Å². The summed E-state index contributed by atoms with van der Waals surface area (Å²) in [5.74, 6) is 1.48. The van der Waals surface area contributed by atoms with Gasteiger partial charge in [0.25, 0.3) is 0 Å². The first-order valence-corrected chi connectivity index (χ1v) is 23.0. The summed E-state index contributed by atoms with van der Waals surface area (Å²) in [6.45, 7) is 34.6. The monoisotopic (exact) mass is 849 g/mol. The third kappa shape index (κ3) is 10.6. The molecule has 2 heterocycles. The number of nitrogens with zero attached hydrogens (tertiary/aromatic N) is 6. The van der Waals surface area contributed by atoms with Crippen molar-refractivity contribution in [2.45, 2.75) is 134 Å². The van der Waals surface area contributed by atoms with Crippen LogP contribution in [-0.4, -0.2) is 32.8 Å². The van der Waals surface area contributed by atoms with Crippen molar-refractivity contribution in [1.82, 2.24) is 9.97 Å². The molecule has 0 amide bonds. The van der Waals surface area contributed by atoms with Crippen molar-refractivity contribution >= 4 is 45.6 Å². The minimum absolute atomic E-state index is 0.369. The van der Waals surface area contributed by atoms with E-state index in [-0.39, 0.29) is 0 Å². The van der Waals surface area contributed by atoms with Gasteiger partial charge >= 0.3 is 0 Å². The van der Waals surface area contributed by atoms with E-state index in [1.54, 1.807) is 0 Å². The lowest BCUT2D eigenvalue weighted by Crippen LogP contribution is -2.06. The quantitative estimate of drug-likeness (QED) is 0.109. The third-order valence-corrected chi connectivity index (χ3v) is 12.1. The SMILES string of the molecule is CC(=Nc1c(C)cc(-c2cc(C)c(N=C(C)c3cccc(C(C)=Nc4c(C(C)C)cccc4C(C)C)n3)c(C)c2)cc1C)c1cccc(C(C)=Nc2c(C(C)C)cccc2C(C)C)n1. The summed E-state index contributed by atoms with van der Waals surface area (Å²) in [6.07, 6.45) is 0. The summed E-state index contributed by atoms with van der Waals surface area (Å²) >= 11 is 0. The number of aliphatic imine (C=N–C) groups is 4. The van der Waals surface area contributed by atoms with E-state index < -0.39 is 0 Å². The van der Waals surface area contributed by atoms with E-state index in [1.165, 1.54) is 22.3 Å². The summed E-state index contributed by atoms with van der Waals surface area (Å²) in [5.41, 5.74) is 22.8. The molecule has 0 N–H and O–H groups in total. The predicted molar refractivity (Wildman–Crippen MR) is 276 cm³/mol. The van der Waals surface area contributed by atoms with Gasteiger partial charge in [0.15, 0.2) is 0 Å². The number of pyridine rings is 2. The van der Waals surface area contributed by atoms with E-state index in [1.807, 2.05) is 38.1 Å². The van der Waals surface area contributed by atoms with E-state index in [0.29, 0.717) is 23.7 Å². The Labute approximate surface area is 383 Å². The van der Waals surface area contributed by atoms with Gasteiger partial charge in [-0.2, -0.15) is 0 Å². The number of aromatic nitrogens is 2. The molecule has 0 aliphatic rings. The summed E-state index contributed by atoms with van der Waals surface area (Å²) < 4.78 is 0. The van der Waals surface area contributed by atoms with Crippen LogP contribution in [0.1, 0.15) is 174 Å². The van der Waals surface area contributed by atoms with Gasteiger partial charge in [0, 0.05) is 0 Å². The Hall–Kier alpha value is -6.14. The van der Waals surface area contributed by atoms with Crippen molar-refractivity contribution in [3.05, 3.63) is 164 Å². The van der Waals surface area contributed by atoms with Gasteiger partial charge < -0.3 is 0 Å². The second-order valence-electron chi connectivity index (χ2n) is 18.7. The molecule has 330 valence electrons. The zero-order valence-electron chi connectivity index (χ0n) is 41.2. The molecule has 6 heteroatoms. The van der Waals surface area contributed by atoms with Crippen molar-refractivity contribution in [2.75, 3.05) is 0 Å². The topological polar surface area (TPSA) is 75.2 Å². The average molecular weight is 849 g/mol. The molecule has 6 rings (SSSR count). The highest BCUT2D eigenvalue weighted by molar-refractivity contribution is 6.04. The fourth-order valence-corrected chi connectivity index (χ4v) is 8.45. The number of hydrogen-bond donors (Lipinski definition) is 0. The zero-order valence-corrected chi connectivity index (χ0v) is 41.2. The predicted octanol–water partition coefficient (Wildman–Crippen LogP) is 16.4. The second-order valence-corrected chi connectivity index (χ2v) is 18.7. The van der Waals surface area contributed by atoms with Crippen LogP contribution in [0.3, 0.4) is 0 Å². The Morgan fingerprint density at radius 3 is 0.797 bits per heavy atom. The number of benzene rings is 4. The average Bonchev–Trinajstić information content (AvgIpc) is 3.25. The molecule has 0 unspecified atom stereocenters. The van der Waals surface area contributed by atoms with Crippen LogP contribution in [0.15, 0.2) is 117 Å². The van der Waals surface area contributed by atoms with Crippen LogP contribution < -0.4 is 0 Å². The van der Waals surface area contributed by atoms with Crippen molar-refractivity contribution in [2.24, 2.45) is 20.0 Å². The lowest BCUT2D eigenvalue weighted by molar-refractivity contribution is 0.834. The van der Waals surface area contributed by atoms with Crippen LogP contribution in [0.2, 0.25) is 0 Å². The Kier molecular flexibility index (Phi) is 14.9. The molecule has 0 spiro atoms. The molecule has 0 radical (unpaired) electrons. The molecule has 4 aromatic carbocycles. The number of aryl methyl sites for hydroxylation is 4. The maximum Gasteiger partial charge on any atom is 0.0849 e. The highest BCUT2D eigenvalue weighted by Gasteiger charge is 2.17. The van der Waals surface area contributed by atoms with Gasteiger partial charge in [0.05, 0.1) is 68.4 Å². The van der Waals surface area contributed by atoms with Gasteiger partial charge in [-0.25, -0.2) is 9.97 Å². The fraction of sp³-hybridized carbons (Fsp3) is 0.345. The molecule has 0 aliphatic heterocycles. The van der Waals surface area contributed by atoms with E-state index in [0.717, 1.165) is 102 Å². The van der Waals surface area contributed by atoms with Crippen LogP contribution in [0.5, 0.6) is 0 Å². The second kappa shape index (κ2) is 20.1. The van der Waals surface area contributed by atoms with Crippen LogP contribution in [-0.2, 0) is 0 Å². The van der Waals surface area contributed by atoms with Crippen LogP contribution in [0.4, 0.5) is 22.7 Å². The molecule has 0 bridgehead atoms. The van der Waals surface area contributed by atoms with Gasteiger partial charge in [-0.3, -0.25) is 20.0 Å². The Morgan fingerprint density at radius 2 is 0.562 bits per heavy atom. The molecule has 2 aromatic heterocycles. The lowest BCUT2D eigenvalue weighted by atomic mass is 9.93. The maximum atomic E-state index is 5.20. The van der Waals surface area contributed by atoms with Crippen molar-refractivity contribution < 1.29 is 0 Å². The zero-order chi connectivity index (χ0) is 46.6. The van der Waals surface area contributed by atoms with Crippen LogP contribution >= 0.6 is 0 Å². The van der Waals surface area contributed by atoms with Crippen LogP contribution in [0.25, 0.3) is 11.1 Å². The fourth-order valence-electron chi connectivity index (χ4n) is 8.45. The largest absolute Gasteiger partial charge is 0.251 e. The first kappa shape index (κ1) is 47.3. The summed E-state index contributed by atoms with van der Waals surface area (Å²) in [5, 5.41) is 0. The maximum absolute atomic E-state index is 5.20. The Morgan fingerprint density at radius 1 is 0.344 bits per heavy atom. The van der Waals surface area contributed by atoms with E-state index >= 15 is 0 Å². The molecule has 0 fully saturated rings. The smallest absolute Gasteiger partial charge is 0.0849 e. The third-order valence-electron chi connectivity index (χ3n) is 12.1. The molecule has 0 atom stereocenters. The van der Waals surface area contributed by atoms with Crippen molar-refractivity contribution in [1.29, 1.82) is 0 Å². The molecular formula is C58H68N6. The molecule has 6 nitrogen and oxygen atoms in total. The van der Waals surface area contributed by atoms with E-state index in [9.17, 15) is 0 Å². The lowest BCUT2D eigenvalue weighted by Gasteiger charge is -2.17. The van der Waals surface area contributed by atoms with Gasteiger partial charge in [-0.05, 0) is 183 Å². The van der Waals surface area contributed by atoms with Gasteiger partial charge in [0.1, 0.15) is 0 Å². The normalized spacial score (nSPS) is 13.0. The Balaban J connectivity index is 1.25. The molecule has 0 saturated carbocycles. The number of para-hydroxylation sites is 2. The number of rotatable bonds is 13. The molecule has 64 heavy (non-hydrogen) atoms. The van der Waals surface area contributed by atoms with E-state index in [4.69, 9.17) is 29.9 Å². The van der Waals surface area contributed by atoms with Gasteiger partial charge in [-0.1, -0.05) is 104 Å². The minimum atomic E-state index is 0.369. The minimum Gasteiger partial charge on any atom is -0.251 e. The summed E-state index contributed by atoms with van der Waals surface area (Å²) in [7, 11) is 0. The van der Waals surface area contributed by atoms with Crippen molar-refractivity contribution in [3.63, 3.8) is 0 Å². The molecular weight excluding hydrogens is 781 g/mol. The molecule has 6 aromatic rings. The first-order chi connectivity index (χ1) is 30.3. The molecule has 0 aliphatic carbocycles. The van der Waals surface area contributed by atoms with Crippen LogP contribution in [0, 0.1) is 27.7 Å². The molecule has 0 saturated heterocycles. The summed E-state index contributed by atoms with van der Waals surface area (Å²) in [6, 6.07) is 34.3. The highest BCUT2D eigenvalue weighted by atomic mass is 14.9. The van der Waals surface area contributed by atoms with Gasteiger partial charge in [0.2, 0.25) is 0 Å². The Bertz CT molecular complexity index is 2520. The standard InChI is InChI=1S/C58H68N6/c1-33(2)47-21-17-22-48(34(3)4)57(47)61-43(15)53-27-19-25-51(63-53)41(13)59-55-37(9)29-45(30-38(55)10)46-31-39(11)56(40(12)32-46)60-42(14)52-26-20-28-54(64-52)44(16)62-58-49(35(5)6)23-18-24-50(58)36(7)8/h17-36H,1-16H3. The summed E-state index contributed by atoms with van der Waals surface area (Å²) in [4.78, 5) is 30.9. The number of hydrogen-bond acceptors (Lipinski definition) is 6. The first-order valence-electron chi connectivity index (χ1n) is 23.0. The van der Waals surface area contributed by atoms with Gasteiger partial charge in [-0.15, -0.1) is 0 Å².